The van der Waals surface area contributed by atoms with Crippen molar-refractivity contribution < 1.29 is 9.47 Å². The number of methoxy groups -OCH3 is 1. The normalized spacial score (nSPS) is 24.3. The van der Waals surface area contributed by atoms with Crippen molar-refractivity contribution in [3.63, 3.8) is 0 Å². The number of hydrogen-bond donors (Lipinski definition) is 1. The molecule has 2 rings (SSSR count). The third-order valence-corrected chi connectivity index (χ3v) is 3.55. The van der Waals surface area contributed by atoms with Crippen molar-refractivity contribution in [3.8, 4) is 5.75 Å². The Kier molecular flexibility index (Phi) is 4.25. The van der Waals surface area contributed by atoms with E-state index >= 15 is 0 Å². The number of ether oxygens (including phenoxy) is 2. The van der Waals surface area contributed by atoms with Crippen LogP contribution in [-0.2, 0) is 4.74 Å². The highest BCUT2D eigenvalue weighted by atomic mass is 16.5. The molecule has 0 radical (unpaired) electrons. The zero-order chi connectivity index (χ0) is 13.1. The Morgan fingerprint density at radius 1 is 1.39 bits per heavy atom. The van der Waals surface area contributed by atoms with Gasteiger partial charge in [-0.1, -0.05) is 26.0 Å². The number of morpholine rings is 1. The molecule has 100 valence electrons. The van der Waals surface area contributed by atoms with Crippen molar-refractivity contribution in [2.24, 2.45) is 0 Å². The average molecular weight is 249 g/mol. The molecule has 2 atom stereocenters. The Morgan fingerprint density at radius 2 is 2.17 bits per heavy atom. The summed E-state index contributed by atoms with van der Waals surface area (Å²) in [7, 11) is 1.73. The quantitative estimate of drug-likeness (QED) is 0.893. The molecule has 3 heteroatoms. The van der Waals surface area contributed by atoms with E-state index in [1.54, 1.807) is 7.11 Å². The maximum absolute atomic E-state index is 5.71. The largest absolute Gasteiger partial charge is 0.496 e. The molecule has 0 bridgehead atoms. The van der Waals surface area contributed by atoms with Gasteiger partial charge in [-0.15, -0.1) is 0 Å². The highest BCUT2D eigenvalue weighted by Crippen LogP contribution is 2.31. The van der Waals surface area contributed by atoms with Crippen LogP contribution in [0.15, 0.2) is 18.2 Å². The van der Waals surface area contributed by atoms with Gasteiger partial charge in [-0.25, -0.2) is 0 Å². The lowest BCUT2D eigenvalue weighted by atomic mass is 9.94. The fourth-order valence-electron chi connectivity index (χ4n) is 2.51. The zero-order valence-corrected chi connectivity index (χ0v) is 11.7. The van der Waals surface area contributed by atoms with Gasteiger partial charge in [0.25, 0.3) is 0 Å². The Labute approximate surface area is 109 Å². The zero-order valence-electron chi connectivity index (χ0n) is 11.7. The van der Waals surface area contributed by atoms with Crippen LogP contribution >= 0.6 is 0 Å². The van der Waals surface area contributed by atoms with Gasteiger partial charge in [-0.3, -0.25) is 0 Å². The SMILES string of the molecule is COc1ccc(C2NCCOC2C)cc1C(C)C. The Hall–Kier alpha value is -1.06. The van der Waals surface area contributed by atoms with E-state index in [0.29, 0.717) is 5.92 Å². The van der Waals surface area contributed by atoms with Crippen molar-refractivity contribution in [3.05, 3.63) is 29.3 Å². The molecule has 1 aliphatic heterocycles. The van der Waals surface area contributed by atoms with Crippen LogP contribution in [0.2, 0.25) is 0 Å². The molecule has 0 saturated carbocycles. The van der Waals surface area contributed by atoms with Crippen molar-refractivity contribution in [2.45, 2.75) is 38.8 Å². The van der Waals surface area contributed by atoms with Gasteiger partial charge in [0.2, 0.25) is 0 Å². The van der Waals surface area contributed by atoms with Crippen LogP contribution in [0.1, 0.15) is 43.9 Å². The summed E-state index contributed by atoms with van der Waals surface area (Å²) in [5, 5.41) is 3.52. The lowest BCUT2D eigenvalue weighted by molar-refractivity contribution is 0.00753. The average Bonchev–Trinajstić information content (AvgIpc) is 2.38. The molecule has 0 amide bonds. The van der Waals surface area contributed by atoms with Gasteiger partial charge >= 0.3 is 0 Å². The minimum atomic E-state index is 0.215. The van der Waals surface area contributed by atoms with E-state index in [-0.39, 0.29) is 12.1 Å². The van der Waals surface area contributed by atoms with Gasteiger partial charge in [-0.05, 0) is 30.0 Å². The van der Waals surface area contributed by atoms with Crippen LogP contribution in [0.5, 0.6) is 5.75 Å². The van der Waals surface area contributed by atoms with Crippen LogP contribution in [-0.4, -0.2) is 26.4 Å². The topological polar surface area (TPSA) is 30.5 Å². The molecule has 1 heterocycles. The third-order valence-electron chi connectivity index (χ3n) is 3.55. The summed E-state index contributed by atoms with van der Waals surface area (Å²) in [4.78, 5) is 0. The van der Waals surface area contributed by atoms with Crippen molar-refractivity contribution in [2.75, 3.05) is 20.3 Å². The van der Waals surface area contributed by atoms with Gasteiger partial charge in [0.05, 0.1) is 25.9 Å². The highest BCUT2D eigenvalue weighted by Gasteiger charge is 2.24. The summed E-state index contributed by atoms with van der Waals surface area (Å²) < 4.78 is 11.1. The number of benzene rings is 1. The fraction of sp³-hybridized carbons (Fsp3) is 0.600. The third kappa shape index (κ3) is 2.68. The van der Waals surface area contributed by atoms with Gasteiger partial charge < -0.3 is 14.8 Å². The van der Waals surface area contributed by atoms with E-state index in [4.69, 9.17) is 9.47 Å². The second kappa shape index (κ2) is 5.72. The van der Waals surface area contributed by atoms with Crippen molar-refractivity contribution in [1.82, 2.24) is 5.32 Å². The summed E-state index contributed by atoms with van der Waals surface area (Å²) in [5.41, 5.74) is 2.54. The molecular weight excluding hydrogens is 226 g/mol. The predicted octanol–water partition coefficient (Wildman–Crippen LogP) is 2.87. The summed E-state index contributed by atoms with van der Waals surface area (Å²) in [5.74, 6) is 1.43. The first kappa shape index (κ1) is 13.4. The van der Waals surface area contributed by atoms with Gasteiger partial charge in [0, 0.05) is 6.54 Å². The van der Waals surface area contributed by atoms with Gasteiger partial charge in [0.1, 0.15) is 5.75 Å². The lowest BCUT2D eigenvalue weighted by Crippen LogP contribution is -2.40. The van der Waals surface area contributed by atoms with Crippen molar-refractivity contribution in [1.29, 1.82) is 0 Å². The highest BCUT2D eigenvalue weighted by molar-refractivity contribution is 5.40. The van der Waals surface area contributed by atoms with Crippen LogP contribution in [0.25, 0.3) is 0 Å². The molecule has 0 spiro atoms. The second-order valence-electron chi connectivity index (χ2n) is 5.16. The molecule has 1 fully saturated rings. The number of rotatable bonds is 3. The van der Waals surface area contributed by atoms with Crippen LogP contribution in [0, 0.1) is 0 Å². The van der Waals surface area contributed by atoms with Gasteiger partial charge in [0.15, 0.2) is 0 Å². The molecule has 1 N–H and O–H groups in total. The van der Waals surface area contributed by atoms with E-state index < -0.39 is 0 Å². The standard InChI is InChI=1S/C15H23NO2/c1-10(2)13-9-12(5-6-14(13)17-4)15-11(3)18-8-7-16-15/h5-6,9-11,15-16H,7-8H2,1-4H3. The monoisotopic (exact) mass is 249 g/mol. The molecular formula is C15H23NO2. The summed E-state index contributed by atoms with van der Waals surface area (Å²) >= 11 is 0. The maximum atomic E-state index is 5.71. The lowest BCUT2D eigenvalue weighted by Gasteiger charge is -2.31. The maximum Gasteiger partial charge on any atom is 0.122 e. The van der Waals surface area contributed by atoms with Crippen LogP contribution in [0.4, 0.5) is 0 Å². The molecule has 18 heavy (non-hydrogen) atoms. The fourth-order valence-corrected chi connectivity index (χ4v) is 2.51. The summed E-state index contributed by atoms with van der Waals surface area (Å²) in [6.07, 6.45) is 0.215. The van der Waals surface area contributed by atoms with Crippen molar-refractivity contribution >= 4 is 0 Å². The van der Waals surface area contributed by atoms with E-state index in [1.807, 2.05) is 0 Å². The predicted molar refractivity (Wildman–Crippen MR) is 73.2 cm³/mol. The first-order valence-electron chi connectivity index (χ1n) is 6.66. The molecule has 0 aliphatic carbocycles. The molecule has 2 unspecified atom stereocenters. The Bertz CT molecular complexity index is 403. The second-order valence-corrected chi connectivity index (χ2v) is 5.16. The number of hydrogen-bond acceptors (Lipinski definition) is 3. The Balaban J connectivity index is 2.30. The molecule has 1 saturated heterocycles. The smallest absolute Gasteiger partial charge is 0.122 e. The van der Waals surface area contributed by atoms with Crippen LogP contribution < -0.4 is 10.1 Å². The molecule has 1 aliphatic rings. The van der Waals surface area contributed by atoms with E-state index in [9.17, 15) is 0 Å². The molecule has 0 aromatic heterocycles. The Morgan fingerprint density at radius 3 is 2.78 bits per heavy atom. The first-order chi connectivity index (χ1) is 8.63. The van der Waals surface area contributed by atoms with E-state index in [0.717, 1.165) is 18.9 Å². The van der Waals surface area contributed by atoms with Gasteiger partial charge in [-0.2, -0.15) is 0 Å². The minimum Gasteiger partial charge on any atom is -0.496 e. The number of nitrogens with one attached hydrogen (secondary N) is 1. The summed E-state index contributed by atoms with van der Waals surface area (Å²) in [6.45, 7) is 8.21. The molecule has 3 nitrogen and oxygen atoms in total. The van der Waals surface area contributed by atoms with Crippen LogP contribution in [0.3, 0.4) is 0 Å². The van der Waals surface area contributed by atoms with E-state index in [2.05, 4.69) is 44.3 Å². The minimum absolute atomic E-state index is 0.215. The summed E-state index contributed by atoms with van der Waals surface area (Å²) in [6, 6.07) is 6.72. The molecule has 1 aromatic rings. The molecule has 1 aromatic carbocycles. The first-order valence-corrected chi connectivity index (χ1v) is 6.66. The van der Waals surface area contributed by atoms with E-state index in [1.165, 1.54) is 11.1 Å².